The zero-order chi connectivity index (χ0) is 9.68. The highest BCUT2D eigenvalue weighted by molar-refractivity contribution is 4.80. The summed E-state index contributed by atoms with van der Waals surface area (Å²) in [5, 5.41) is 3.50. The van der Waals surface area contributed by atoms with Gasteiger partial charge >= 0.3 is 0 Å². The van der Waals surface area contributed by atoms with Crippen LogP contribution < -0.4 is 11.1 Å². The van der Waals surface area contributed by atoms with Crippen LogP contribution in [0.5, 0.6) is 0 Å². The molecule has 3 heteroatoms. The van der Waals surface area contributed by atoms with Crippen LogP contribution in [0, 0.1) is 0 Å². The Morgan fingerprint density at radius 1 is 1.54 bits per heavy atom. The van der Waals surface area contributed by atoms with E-state index in [4.69, 9.17) is 10.5 Å². The molecule has 0 aromatic carbocycles. The lowest BCUT2D eigenvalue weighted by Crippen LogP contribution is -2.42. The topological polar surface area (TPSA) is 47.3 Å². The molecule has 1 saturated carbocycles. The van der Waals surface area contributed by atoms with Crippen LogP contribution >= 0.6 is 0 Å². The van der Waals surface area contributed by atoms with E-state index in [1.54, 1.807) is 7.11 Å². The summed E-state index contributed by atoms with van der Waals surface area (Å²) in [6.07, 6.45) is 5.15. The van der Waals surface area contributed by atoms with Crippen molar-refractivity contribution in [3.8, 4) is 0 Å². The minimum atomic E-state index is 0.304. The van der Waals surface area contributed by atoms with Gasteiger partial charge in [0, 0.05) is 25.7 Å². The lowest BCUT2D eigenvalue weighted by molar-refractivity contribution is 0.112. The van der Waals surface area contributed by atoms with Crippen molar-refractivity contribution in [3.05, 3.63) is 0 Å². The molecule has 3 N–H and O–H groups in total. The van der Waals surface area contributed by atoms with Crippen molar-refractivity contribution in [2.45, 2.75) is 50.8 Å². The lowest BCUT2D eigenvalue weighted by atomic mass is 9.91. The Balaban J connectivity index is 2.13. The number of methoxy groups -OCH3 is 1. The molecule has 0 saturated heterocycles. The van der Waals surface area contributed by atoms with E-state index in [1.807, 2.05) is 0 Å². The molecular weight excluding hydrogens is 164 g/mol. The predicted octanol–water partition coefficient (Wildman–Crippen LogP) is 0.881. The molecule has 1 rings (SSSR count). The number of hydrogen-bond acceptors (Lipinski definition) is 3. The summed E-state index contributed by atoms with van der Waals surface area (Å²) in [6.45, 7) is 3.02. The predicted molar refractivity (Wildman–Crippen MR) is 54.7 cm³/mol. The van der Waals surface area contributed by atoms with Crippen LogP contribution in [0.3, 0.4) is 0 Å². The Kier molecular flexibility index (Phi) is 4.70. The minimum absolute atomic E-state index is 0.304. The Hall–Kier alpha value is -0.120. The van der Waals surface area contributed by atoms with Crippen molar-refractivity contribution in [2.75, 3.05) is 13.7 Å². The second kappa shape index (κ2) is 5.58. The molecule has 0 aromatic heterocycles. The van der Waals surface area contributed by atoms with E-state index in [1.165, 1.54) is 19.3 Å². The highest BCUT2D eigenvalue weighted by atomic mass is 16.5. The summed E-state index contributed by atoms with van der Waals surface area (Å²) < 4.78 is 5.17. The van der Waals surface area contributed by atoms with Gasteiger partial charge in [-0.25, -0.2) is 0 Å². The van der Waals surface area contributed by atoms with Crippen LogP contribution in [0.1, 0.15) is 32.6 Å². The first-order valence-corrected chi connectivity index (χ1v) is 5.24. The van der Waals surface area contributed by atoms with Crippen LogP contribution in [-0.4, -0.2) is 31.8 Å². The summed E-state index contributed by atoms with van der Waals surface area (Å²) in [5.74, 6) is 0. The molecule has 1 aliphatic carbocycles. The Morgan fingerprint density at radius 3 is 2.92 bits per heavy atom. The maximum absolute atomic E-state index is 5.89. The lowest BCUT2D eigenvalue weighted by Gasteiger charge is -2.28. The average molecular weight is 186 g/mol. The molecule has 0 spiro atoms. The van der Waals surface area contributed by atoms with E-state index in [2.05, 4.69) is 12.2 Å². The fourth-order valence-electron chi connectivity index (χ4n) is 1.83. The molecule has 78 valence electrons. The molecular formula is C10H22N2O. The third-order valence-electron chi connectivity index (χ3n) is 2.81. The van der Waals surface area contributed by atoms with Gasteiger partial charge in [-0.3, -0.25) is 0 Å². The van der Waals surface area contributed by atoms with E-state index in [-0.39, 0.29) is 0 Å². The Bertz CT molecular complexity index is 141. The molecule has 0 aromatic rings. The van der Waals surface area contributed by atoms with E-state index in [0.29, 0.717) is 18.2 Å². The van der Waals surface area contributed by atoms with Crippen LogP contribution in [-0.2, 0) is 4.74 Å². The summed E-state index contributed by atoms with van der Waals surface area (Å²) >= 11 is 0. The van der Waals surface area contributed by atoms with Crippen molar-refractivity contribution in [2.24, 2.45) is 5.73 Å². The first-order chi connectivity index (χ1) is 6.22. The number of hydrogen-bond donors (Lipinski definition) is 2. The normalized spacial score (nSPS) is 31.6. The van der Waals surface area contributed by atoms with Crippen molar-refractivity contribution >= 4 is 0 Å². The number of ether oxygens (including phenoxy) is 1. The molecule has 0 radical (unpaired) electrons. The van der Waals surface area contributed by atoms with Gasteiger partial charge in [-0.1, -0.05) is 6.42 Å². The molecule has 1 fully saturated rings. The number of rotatable bonds is 4. The van der Waals surface area contributed by atoms with E-state index < -0.39 is 0 Å². The van der Waals surface area contributed by atoms with Crippen molar-refractivity contribution in [3.63, 3.8) is 0 Å². The third kappa shape index (κ3) is 4.07. The maximum Gasteiger partial charge on any atom is 0.0667 e. The Labute approximate surface area is 81.0 Å². The zero-order valence-corrected chi connectivity index (χ0v) is 8.75. The van der Waals surface area contributed by atoms with Crippen LogP contribution in [0.4, 0.5) is 0 Å². The molecule has 0 bridgehead atoms. The smallest absolute Gasteiger partial charge is 0.0667 e. The quantitative estimate of drug-likeness (QED) is 0.685. The first-order valence-electron chi connectivity index (χ1n) is 5.24. The van der Waals surface area contributed by atoms with Gasteiger partial charge in [0.05, 0.1) is 6.10 Å². The van der Waals surface area contributed by atoms with E-state index in [0.717, 1.165) is 13.0 Å². The molecule has 0 heterocycles. The summed E-state index contributed by atoms with van der Waals surface area (Å²) in [4.78, 5) is 0. The van der Waals surface area contributed by atoms with Gasteiger partial charge in [-0.2, -0.15) is 0 Å². The average Bonchev–Trinajstić information content (AvgIpc) is 2.14. The van der Waals surface area contributed by atoms with Gasteiger partial charge in [0.15, 0.2) is 0 Å². The second-order valence-corrected chi connectivity index (χ2v) is 4.08. The SMILES string of the molecule is COC(C)CNC1CCCC(N)C1. The van der Waals surface area contributed by atoms with Crippen molar-refractivity contribution in [1.29, 1.82) is 0 Å². The molecule has 0 aliphatic heterocycles. The maximum atomic E-state index is 5.89. The molecule has 3 unspecified atom stereocenters. The molecule has 0 amide bonds. The second-order valence-electron chi connectivity index (χ2n) is 4.08. The van der Waals surface area contributed by atoms with Gasteiger partial charge in [-0.15, -0.1) is 0 Å². The fourth-order valence-corrected chi connectivity index (χ4v) is 1.83. The van der Waals surface area contributed by atoms with Crippen LogP contribution in [0.15, 0.2) is 0 Å². The monoisotopic (exact) mass is 186 g/mol. The standard InChI is InChI=1S/C10H22N2O/c1-8(13-2)7-12-10-5-3-4-9(11)6-10/h8-10,12H,3-7,11H2,1-2H3. The van der Waals surface area contributed by atoms with Crippen molar-refractivity contribution < 1.29 is 4.74 Å². The fraction of sp³-hybridized carbons (Fsp3) is 1.00. The van der Waals surface area contributed by atoms with Gasteiger partial charge < -0.3 is 15.8 Å². The highest BCUT2D eigenvalue weighted by Crippen LogP contribution is 2.16. The van der Waals surface area contributed by atoms with Crippen LogP contribution in [0.25, 0.3) is 0 Å². The third-order valence-corrected chi connectivity index (χ3v) is 2.81. The van der Waals surface area contributed by atoms with Gasteiger partial charge in [-0.05, 0) is 26.2 Å². The highest BCUT2D eigenvalue weighted by Gasteiger charge is 2.18. The van der Waals surface area contributed by atoms with Crippen LogP contribution in [0.2, 0.25) is 0 Å². The number of nitrogens with one attached hydrogen (secondary N) is 1. The van der Waals surface area contributed by atoms with Gasteiger partial charge in [0.1, 0.15) is 0 Å². The summed E-state index contributed by atoms with van der Waals surface area (Å²) in [7, 11) is 1.75. The zero-order valence-electron chi connectivity index (χ0n) is 8.75. The summed E-state index contributed by atoms with van der Waals surface area (Å²) in [5.41, 5.74) is 5.89. The summed E-state index contributed by atoms with van der Waals surface area (Å²) in [6, 6.07) is 1.02. The van der Waals surface area contributed by atoms with Gasteiger partial charge in [0.25, 0.3) is 0 Å². The first kappa shape index (κ1) is 11.0. The molecule has 1 aliphatic rings. The van der Waals surface area contributed by atoms with Gasteiger partial charge in [0.2, 0.25) is 0 Å². The molecule has 13 heavy (non-hydrogen) atoms. The van der Waals surface area contributed by atoms with E-state index >= 15 is 0 Å². The molecule has 3 atom stereocenters. The number of nitrogens with two attached hydrogens (primary N) is 1. The van der Waals surface area contributed by atoms with E-state index in [9.17, 15) is 0 Å². The van der Waals surface area contributed by atoms with Crippen molar-refractivity contribution in [1.82, 2.24) is 5.32 Å². The Morgan fingerprint density at radius 2 is 2.31 bits per heavy atom. The molecule has 3 nitrogen and oxygen atoms in total. The minimum Gasteiger partial charge on any atom is -0.380 e. The largest absolute Gasteiger partial charge is 0.380 e.